The smallest absolute Gasteiger partial charge is 0.143 e. The van der Waals surface area contributed by atoms with E-state index in [0.717, 1.165) is 66.6 Å². The molecule has 12 aromatic rings. The van der Waals surface area contributed by atoms with Crippen molar-refractivity contribution in [2.75, 3.05) is 4.90 Å². The lowest BCUT2D eigenvalue weighted by atomic mass is 9.90. The molecule has 0 bridgehead atoms. The molecule has 0 radical (unpaired) electrons. The van der Waals surface area contributed by atoms with Crippen molar-refractivity contribution in [3.8, 4) is 55.6 Å². The summed E-state index contributed by atoms with van der Waals surface area (Å²) in [5.74, 6) is 0. The summed E-state index contributed by atoms with van der Waals surface area (Å²) in [5, 5.41) is 7.02. The van der Waals surface area contributed by atoms with Gasteiger partial charge in [-0.05, 0) is 109 Å². The van der Waals surface area contributed by atoms with Gasteiger partial charge in [0.05, 0.1) is 0 Å². The molecule has 0 saturated heterocycles. The molecule has 0 N–H and O–H groups in total. The van der Waals surface area contributed by atoms with Crippen molar-refractivity contribution >= 4 is 60.5 Å². The lowest BCUT2D eigenvalue weighted by Gasteiger charge is -2.26. The fraction of sp³-hybridized carbons (Fsp3) is 0. The van der Waals surface area contributed by atoms with E-state index in [0.29, 0.717) is 0 Å². The number of anilines is 3. The van der Waals surface area contributed by atoms with E-state index in [2.05, 4.69) is 254 Å². The van der Waals surface area contributed by atoms with Gasteiger partial charge in [-0.1, -0.05) is 206 Å². The predicted molar refractivity (Wildman–Crippen MR) is 271 cm³/mol. The molecular weight excluding hydrogens is 775 g/mol. The molecular formula is C62H41NO. The fourth-order valence-electron chi connectivity index (χ4n) is 9.56. The molecule has 2 heteroatoms. The lowest BCUT2D eigenvalue weighted by molar-refractivity contribution is 0.674. The number of benzene rings is 11. The van der Waals surface area contributed by atoms with E-state index in [1.54, 1.807) is 0 Å². The monoisotopic (exact) mass is 815 g/mol. The molecule has 0 aliphatic heterocycles. The van der Waals surface area contributed by atoms with Gasteiger partial charge in [-0.3, -0.25) is 0 Å². The van der Waals surface area contributed by atoms with Crippen LogP contribution in [0, 0.1) is 0 Å². The summed E-state index contributed by atoms with van der Waals surface area (Å²) in [6.45, 7) is 0. The summed E-state index contributed by atoms with van der Waals surface area (Å²) in [6, 6.07) is 89.3. The molecule has 0 aliphatic carbocycles. The van der Waals surface area contributed by atoms with Crippen molar-refractivity contribution < 1.29 is 4.42 Å². The van der Waals surface area contributed by atoms with Crippen molar-refractivity contribution in [2.45, 2.75) is 0 Å². The van der Waals surface area contributed by atoms with Crippen molar-refractivity contribution in [1.82, 2.24) is 0 Å². The number of nitrogens with zero attached hydrogens (tertiary/aromatic N) is 1. The van der Waals surface area contributed by atoms with E-state index in [1.165, 1.54) is 49.5 Å². The minimum Gasteiger partial charge on any atom is -0.455 e. The van der Waals surface area contributed by atoms with E-state index < -0.39 is 0 Å². The van der Waals surface area contributed by atoms with E-state index in [-0.39, 0.29) is 0 Å². The van der Waals surface area contributed by atoms with Gasteiger partial charge in [-0.25, -0.2) is 0 Å². The molecule has 12 rings (SSSR count). The van der Waals surface area contributed by atoms with Crippen LogP contribution in [-0.2, 0) is 0 Å². The Bertz CT molecular complexity index is 3510. The number of rotatable bonds is 8. The highest BCUT2D eigenvalue weighted by atomic mass is 16.3. The van der Waals surface area contributed by atoms with Crippen LogP contribution in [-0.4, -0.2) is 0 Å². The molecule has 64 heavy (non-hydrogen) atoms. The molecule has 1 aromatic heterocycles. The SMILES string of the molecule is c1ccc(-c2ccc(-c3c(-c4ccc(N(c5ccc(-c6ccccc6)cc5)c5ccc(-c6ccccc6)cc5)cc4)ccc4c3oc3c5ccccc5c5ccccc5c43)cc2)cc1. The van der Waals surface area contributed by atoms with Gasteiger partial charge in [0.1, 0.15) is 11.2 Å². The Balaban J connectivity index is 1.02. The second kappa shape index (κ2) is 15.8. The Kier molecular flexibility index (Phi) is 9.20. The Labute approximate surface area is 372 Å². The number of hydrogen-bond donors (Lipinski definition) is 0. The third-order valence-corrected chi connectivity index (χ3v) is 12.7. The molecule has 1 heterocycles. The minimum atomic E-state index is 0.893. The summed E-state index contributed by atoms with van der Waals surface area (Å²) in [4.78, 5) is 2.34. The lowest BCUT2D eigenvalue weighted by Crippen LogP contribution is -2.09. The van der Waals surface area contributed by atoms with Crippen LogP contribution in [0.5, 0.6) is 0 Å². The first-order chi connectivity index (χ1) is 31.7. The second-order valence-electron chi connectivity index (χ2n) is 16.4. The summed E-state index contributed by atoms with van der Waals surface area (Å²) in [6.07, 6.45) is 0. The predicted octanol–water partition coefficient (Wildman–Crippen LogP) is 17.7. The number of hydrogen-bond acceptors (Lipinski definition) is 2. The van der Waals surface area contributed by atoms with Crippen molar-refractivity contribution in [3.05, 3.63) is 249 Å². The molecule has 0 unspecified atom stereocenters. The molecule has 300 valence electrons. The van der Waals surface area contributed by atoms with Crippen molar-refractivity contribution in [1.29, 1.82) is 0 Å². The summed E-state index contributed by atoms with van der Waals surface area (Å²) in [7, 11) is 0. The minimum absolute atomic E-state index is 0.893. The molecule has 0 aliphatic rings. The Morgan fingerprint density at radius 1 is 0.234 bits per heavy atom. The van der Waals surface area contributed by atoms with Gasteiger partial charge < -0.3 is 9.32 Å². The first-order valence-corrected chi connectivity index (χ1v) is 21.9. The number of furan rings is 1. The average Bonchev–Trinajstić information content (AvgIpc) is 3.78. The number of fused-ring (bicyclic) bond motifs is 8. The van der Waals surface area contributed by atoms with E-state index in [4.69, 9.17) is 4.42 Å². The quantitative estimate of drug-likeness (QED) is 0.142. The molecule has 11 aromatic carbocycles. The largest absolute Gasteiger partial charge is 0.455 e. The maximum Gasteiger partial charge on any atom is 0.143 e. The summed E-state index contributed by atoms with van der Waals surface area (Å²) >= 11 is 0. The molecule has 0 spiro atoms. The fourth-order valence-corrected chi connectivity index (χ4v) is 9.56. The van der Waals surface area contributed by atoms with Crippen LogP contribution in [0.2, 0.25) is 0 Å². The highest BCUT2D eigenvalue weighted by Crippen LogP contribution is 2.47. The zero-order valence-electron chi connectivity index (χ0n) is 35.0. The Morgan fingerprint density at radius 3 is 1.08 bits per heavy atom. The van der Waals surface area contributed by atoms with Crippen LogP contribution in [0.25, 0.3) is 99.1 Å². The standard InChI is InChI=1S/C62H41NO/c1-4-14-42(15-5-1)45-24-26-49(27-25-45)59-53(40-41-58-60-56-22-12-10-20-54(56)55-21-11-13-23-57(55)61(60)64-62(58)59)48-32-38-52(39-33-48)63(50-34-28-46(29-35-50)43-16-6-2-7-17-43)51-36-30-47(31-37-51)44-18-8-3-9-19-44/h1-41H. The third kappa shape index (κ3) is 6.52. The van der Waals surface area contributed by atoms with Crippen LogP contribution >= 0.6 is 0 Å². The molecule has 0 saturated carbocycles. The van der Waals surface area contributed by atoms with Gasteiger partial charge in [0.2, 0.25) is 0 Å². The van der Waals surface area contributed by atoms with Gasteiger partial charge in [-0.15, -0.1) is 0 Å². The maximum atomic E-state index is 7.19. The highest BCUT2D eigenvalue weighted by molar-refractivity contribution is 6.31. The van der Waals surface area contributed by atoms with Gasteiger partial charge in [0, 0.05) is 38.8 Å². The van der Waals surface area contributed by atoms with Crippen LogP contribution in [0.3, 0.4) is 0 Å². The highest BCUT2D eigenvalue weighted by Gasteiger charge is 2.22. The Morgan fingerprint density at radius 2 is 0.594 bits per heavy atom. The van der Waals surface area contributed by atoms with Crippen LogP contribution in [0.15, 0.2) is 253 Å². The van der Waals surface area contributed by atoms with Gasteiger partial charge in [0.25, 0.3) is 0 Å². The average molecular weight is 816 g/mol. The van der Waals surface area contributed by atoms with Crippen LogP contribution < -0.4 is 4.90 Å². The van der Waals surface area contributed by atoms with Crippen molar-refractivity contribution in [3.63, 3.8) is 0 Å². The zero-order chi connectivity index (χ0) is 42.4. The molecule has 0 atom stereocenters. The van der Waals surface area contributed by atoms with E-state index in [9.17, 15) is 0 Å². The van der Waals surface area contributed by atoms with Crippen LogP contribution in [0.4, 0.5) is 17.1 Å². The zero-order valence-corrected chi connectivity index (χ0v) is 35.0. The Hall–Kier alpha value is -8.46. The maximum absolute atomic E-state index is 7.19. The third-order valence-electron chi connectivity index (χ3n) is 12.7. The van der Waals surface area contributed by atoms with E-state index >= 15 is 0 Å². The van der Waals surface area contributed by atoms with E-state index in [1.807, 2.05) is 0 Å². The summed E-state index contributed by atoms with van der Waals surface area (Å²) < 4.78 is 7.19. The second-order valence-corrected chi connectivity index (χ2v) is 16.4. The van der Waals surface area contributed by atoms with Gasteiger partial charge >= 0.3 is 0 Å². The van der Waals surface area contributed by atoms with Gasteiger partial charge in [0.15, 0.2) is 0 Å². The van der Waals surface area contributed by atoms with Crippen LogP contribution in [0.1, 0.15) is 0 Å². The molecule has 0 fully saturated rings. The first kappa shape index (κ1) is 37.3. The first-order valence-electron chi connectivity index (χ1n) is 21.9. The molecule has 2 nitrogen and oxygen atoms in total. The normalized spacial score (nSPS) is 11.4. The van der Waals surface area contributed by atoms with Crippen molar-refractivity contribution in [2.24, 2.45) is 0 Å². The topological polar surface area (TPSA) is 16.4 Å². The van der Waals surface area contributed by atoms with Gasteiger partial charge in [-0.2, -0.15) is 0 Å². The molecule has 0 amide bonds. The summed E-state index contributed by atoms with van der Waals surface area (Å²) in [5.41, 5.74) is 16.6.